The lowest BCUT2D eigenvalue weighted by Crippen LogP contribution is -2.04. The molecule has 0 amide bonds. The van der Waals surface area contributed by atoms with Crippen LogP contribution in [0, 0.1) is 0 Å². The zero-order valence-electron chi connectivity index (χ0n) is 2.98. The monoisotopic (exact) mass is 70.0 g/mol. The highest BCUT2D eigenvalue weighted by Gasteiger charge is 2.46. The Kier molecular flexibility index (Phi) is 0.189. The molecule has 1 aliphatic carbocycles. The lowest BCUT2D eigenvalue weighted by Gasteiger charge is -1.97. The maximum atomic E-state index is 5.03. The first-order chi connectivity index (χ1) is 2.47. The van der Waals surface area contributed by atoms with Gasteiger partial charge in [0, 0.05) is 0 Å². The van der Waals surface area contributed by atoms with Gasteiger partial charge in [0.15, 0.2) is 0 Å². The van der Waals surface area contributed by atoms with Crippen LogP contribution in [0.3, 0.4) is 0 Å². The van der Waals surface area contributed by atoms with Crippen molar-refractivity contribution < 1.29 is 4.74 Å². The smallest absolute Gasteiger partial charge is 0.0842 e. The highest BCUT2D eigenvalue weighted by atomic mass is 16.6. The third-order valence-corrected chi connectivity index (χ3v) is 1.42. The summed E-state index contributed by atoms with van der Waals surface area (Å²) in [4.78, 5) is 0. The summed E-state index contributed by atoms with van der Waals surface area (Å²) >= 11 is 0. The van der Waals surface area contributed by atoms with Crippen LogP contribution >= 0.6 is 0 Å². The molecule has 1 heterocycles. The van der Waals surface area contributed by atoms with Crippen LogP contribution < -0.4 is 0 Å². The number of ether oxygens (including phenoxy) is 1. The Morgan fingerprint density at radius 2 is 1.80 bits per heavy atom. The van der Waals surface area contributed by atoms with Crippen molar-refractivity contribution in [3.63, 3.8) is 0 Å². The first kappa shape index (κ1) is 2.19. The lowest BCUT2D eigenvalue weighted by atomic mass is 10.0. The number of fused-ring (bicyclic) bond motifs is 1. The van der Waals surface area contributed by atoms with Gasteiger partial charge in [0.05, 0.1) is 12.2 Å². The van der Waals surface area contributed by atoms with Crippen LogP contribution in [0.2, 0.25) is 0 Å². The maximum Gasteiger partial charge on any atom is 0.0842 e. The minimum Gasteiger partial charge on any atom is -0.370 e. The fraction of sp³-hybridized carbons (Fsp3) is 1.00. The van der Waals surface area contributed by atoms with Gasteiger partial charge in [0.1, 0.15) is 0 Å². The Morgan fingerprint density at radius 1 is 1.20 bits per heavy atom. The molecule has 0 bridgehead atoms. The minimum absolute atomic E-state index is 0.731. The molecular weight excluding hydrogens is 64.0 g/mol. The summed E-state index contributed by atoms with van der Waals surface area (Å²) < 4.78 is 5.03. The molecule has 0 aromatic rings. The molecule has 2 rings (SSSR count). The molecule has 2 fully saturated rings. The Bertz CT molecular complexity index is 48.7. The summed E-state index contributed by atoms with van der Waals surface area (Å²) in [6.45, 7) is 0. The topological polar surface area (TPSA) is 12.5 Å². The standard InChI is InChI=1S/C4H6O/c1-2-4-3(1)5-4/h3-4H,1-2H2/t3-,4?/m1/s1. The molecule has 1 heteroatoms. The summed E-state index contributed by atoms with van der Waals surface area (Å²) in [6.07, 6.45) is 4.14. The predicted octanol–water partition coefficient (Wildman–Crippen LogP) is 0.548. The molecular formula is C4H6O. The highest BCUT2D eigenvalue weighted by Crippen LogP contribution is 2.40. The average Bonchev–Trinajstić information content (AvgIpc) is 1.74. The van der Waals surface area contributed by atoms with Crippen molar-refractivity contribution >= 4 is 0 Å². The van der Waals surface area contributed by atoms with Crippen molar-refractivity contribution in [1.82, 2.24) is 0 Å². The third-order valence-electron chi connectivity index (χ3n) is 1.42. The van der Waals surface area contributed by atoms with E-state index in [4.69, 9.17) is 4.74 Å². The van der Waals surface area contributed by atoms with Crippen LogP contribution in [0.1, 0.15) is 12.8 Å². The van der Waals surface area contributed by atoms with Crippen molar-refractivity contribution in [3.05, 3.63) is 0 Å². The van der Waals surface area contributed by atoms with Gasteiger partial charge in [-0.05, 0) is 12.8 Å². The second-order valence-electron chi connectivity index (χ2n) is 1.79. The van der Waals surface area contributed by atoms with Crippen LogP contribution in [-0.4, -0.2) is 12.2 Å². The van der Waals surface area contributed by atoms with Crippen LogP contribution in [0.15, 0.2) is 0 Å². The van der Waals surface area contributed by atoms with Crippen molar-refractivity contribution in [2.45, 2.75) is 25.0 Å². The number of hydrogen-bond donors (Lipinski definition) is 0. The SMILES string of the molecule is C1C[C@H]2OC12. The number of hydrogen-bond acceptors (Lipinski definition) is 1. The van der Waals surface area contributed by atoms with Gasteiger partial charge in [-0.2, -0.15) is 0 Å². The van der Waals surface area contributed by atoms with Crippen LogP contribution in [0.5, 0.6) is 0 Å². The Morgan fingerprint density at radius 3 is 1.80 bits per heavy atom. The molecule has 0 N–H and O–H groups in total. The Balaban J connectivity index is 2.19. The van der Waals surface area contributed by atoms with Crippen LogP contribution in [0.4, 0.5) is 0 Å². The number of epoxide rings is 1. The molecule has 5 heavy (non-hydrogen) atoms. The molecule has 2 atom stereocenters. The zero-order valence-corrected chi connectivity index (χ0v) is 2.98. The van der Waals surface area contributed by atoms with Gasteiger partial charge in [0.2, 0.25) is 0 Å². The number of rotatable bonds is 0. The van der Waals surface area contributed by atoms with Gasteiger partial charge in [-0.3, -0.25) is 0 Å². The van der Waals surface area contributed by atoms with Crippen molar-refractivity contribution in [2.24, 2.45) is 0 Å². The molecule has 0 aromatic carbocycles. The summed E-state index contributed by atoms with van der Waals surface area (Å²) in [7, 11) is 0. The summed E-state index contributed by atoms with van der Waals surface area (Å²) in [5, 5.41) is 0. The summed E-state index contributed by atoms with van der Waals surface area (Å²) in [5.41, 5.74) is 0. The highest BCUT2D eigenvalue weighted by molar-refractivity contribution is 4.94. The molecule has 0 aromatic heterocycles. The minimum atomic E-state index is 0.731. The molecule has 2 aliphatic rings. The van der Waals surface area contributed by atoms with Crippen molar-refractivity contribution in [3.8, 4) is 0 Å². The van der Waals surface area contributed by atoms with Gasteiger partial charge in [-0.15, -0.1) is 0 Å². The third kappa shape index (κ3) is 0.127. The van der Waals surface area contributed by atoms with Gasteiger partial charge >= 0.3 is 0 Å². The summed E-state index contributed by atoms with van der Waals surface area (Å²) in [6, 6.07) is 0. The van der Waals surface area contributed by atoms with E-state index < -0.39 is 0 Å². The van der Waals surface area contributed by atoms with Crippen molar-refractivity contribution in [1.29, 1.82) is 0 Å². The van der Waals surface area contributed by atoms with Crippen LogP contribution in [0.25, 0.3) is 0 Å². The van der Waals surface area contributed by atoms with E-state index in [1.807, 2.05) is 0 Å². The summed E-state index contributed by atoms with van der Waals surface area (Å²) in [5.74, 6) is 0. The second-order valence-corrected chi connectivity index (χ2v) is 1.79. The molecule has 1 aliphatic heterocycles. The van der Waals surface area contributed by atoms with Gasteiger partial charge in [-0.25, -0.2) is 0 Å². The molecule has 1 saturated heterocycles. The van der Waals surface area contributed by atoms with E-state index in [9.17, 15) is 0 Å². The fourth-order valence-corrected chi connectivity index (χ4v) is 0.754. The van der Waals surface area contributed by atoms with Gasteiger partial charge < -0.3 is 4.74 Å². The van der Waals surface area contributed by atoms with E-state index in [2.05, 4.69) is 0 Å². The molecule has 28 valence electrons. The van der Waals surface area contributed by atoms with E-state index in [1.165, 1.54) is 12.8 Å². The van der Waals surface area contributed by atoms with Gasteiger partial charge in [0.25, 0.3) is 0 Å². The molecule has 1 saturated carbocycles. The molecule has 0 radical (unpaired) electrons. The quantitative estimate of drug-likeness (QED) is 0.379. The first-order valence-electron chi connectivity index (χ1n) is 2.12. The van der Waals surface area contributed by atoms with E-state index in [-0.39, 0.29) is 0 Å². The Labute approximate surface area is 30.9 Å². The Hall–Kier alpha value is -0.0400. The van der Waals surface area contributed by atoms with E-state index in [0.29, 0.717) is 0 Å². The maximum absolute atomic E-state index is 5.03. The molecule has 1 nitrogen and oxygen atoms in total. The second kappa shape index (κ2) is 0.432. The van der Waals surface area contributed by atoms with E-state index in [0.717, 1.165) is 12.2 Å². The predicted molar refractivity (Wildman–Crippen MR) is 17.9 cm³/mol. The molecule has 1 unspecified atom stereocenters. The average molecular weight is 70.1 g/mol. The fourth-order valence-electron chi connectivity index (χ4n) is 0.754. The van der Waals surface area contributed by atoms with E-state index in [1.54, 1.807) is 0 Å². The van der Waals surface area contributed by atoms with E-state index >= 15 is 0 Å². The van der Waals surface area contributed by atoms with Gasteiger partial charge in [-0.1, -0.05) is 0 Å². The zero-order chi connectivity index (χ0) is 3.28. The molecule has 0 spiro atoms. The van der Waals surface area contributed by atoms with Crippen molar-refractivity contribution in [2.75, 3.05) is 0 Å². The first-order valence-corrected chi connectivity index (χ1v) is 2.12. The largest absolute Gasteiger partial charge is 0.370 e. The van der Waals surface area contributed by atoms with Crippen LogP contribution in [-0.2, 0) is 4.74 Å². The normalized spacial score (nSPS) is 57.6. The lowest BCUT2D eigenvalue weighted by molar-refractivity contribution is 0.417.